The van der Waals surface area contributed by atoms with Crippen molar-refractivity contribution in [2.75, 3.05) is 5.75 Å². The molecule has 2 N–H and O–H groups in total. The number of aryl methyl sites for hydroxylation is 1. The van der Waals surface area contributed by atoms with Crippen molar-refractivity contribution in [2.24, 2.45) is 0 Å². The molecule has 0 bridgehead atoms. The van der Waals surface area contributed by atoms with Crippen LogP contribution in [0.3, 0.4) is 0 Å². The molecule has 2 aliphatic heterocycles. The van der Waals surface area contributed by atoms with Crippen LogP contribution in [-0.2, 0) is 14.4 Å². The topological polar surface area (TPSA) is 99.6 Å². The number of carboxylic acids is 1. The number of thioether (sulfide) groups is 2. The van der Waals surface area contributed by atoms with Crippen LogP contribution in [0.1, 0.15) is 11.3 Å². The average molecular weight is 377 g/mol. The molecule has 2 atom stereocenters. The number of carbonyl (C=O) groups excluding carboxylic acids is 2. The summed E-state index contributed by atoms with van der Waals surface area (Å²) >= 11 is 2.71. The van der Waals surface area contributed by atoms with Crippen LogP contribution in [0.4, 0.5) is 0 Å². The molecular formula is C16H15N3O4S2. The van der Waals surface area contributed by atoms with Gasteiger partial charge in [0.05, 0.1) is 0 Å². The fourth-order valence-electron chi connectivity index (χ4n) is 2.55. The van der Waals surface area contributed by atoms with Gasteiger partial charge in [0, 0.05) is 22.5 Å². The van der Waals surface area contributed by atoms with E-state index in [1.54, 1.807) is 11.6 Å². The van der Waals surface area contributed by atoms with Crippen LogP contribution in [0.2, 0.25) is 0 Å². The fraction of sp³-hybridized carbons (Fsp3) is 0.250. The number of hydrogen-bond donors (Lipinski definition) is 2. The monoisotopic (exact) mass is 377 g/mol. The fourth-order valence-corrected chi connectivity index (χ4v) is 4.92. The van der Waals surface area contributed by atoms with Gasteiger partial charge in [-0.25, -0.2) is 4.79 Å². The predicted molar refractivity (Wildman–Crippen MR) is 96.3 cm³/mol. The van der Waals surface area contributed by atoms with Crippen molar-refractivity contribution in [1.29, 1.82) is 0 Å². The molecule has 1 unspecified atom stereocenters. The summed E-state index contributed by atoms with van der Waals surface area (Å²) in [5, 5.41) is 13.4. The summed E-state index contributed by atoms with van der Waals surface area (Å²) in [6.45, 7) is 1.90. The molecule has 0 aromatic carbocycles. The molecule has 1 aromatic rings. The van der Waals surface area contributed by atoms with Gasteiger partial charge in [-0.1, -0.05) is 17.8 Å². The van der Waals surface area contributed by atoms with Crippen molar-refractivity contribution in [2.45, 2.75) is 18.3 Å². The largest absolute Gasteiger partial charge is 0.477 e. The van der Waals surface area contributed by atoms with Gasteiger partial charge in [0.15, 0.2) is 0 Å². The molecule has 25 heavy (non-hydrogen) atoms. The maximum atomic E-state index is 12.1. The number of pyridine rings is 1. The van der Waals surface area contributed by atoms with Gasteiger partial charge in [-0.3, -0.25) is 19.5 Å². The number of amides is 2. The summed E-state index contributed by atoms with van der Waals surface area (Å²) in [6.07, 6.45) is 4.04. The average Bonchev–Trinajstić information content (AvgIpc) is 2.60. The summed E-state index contributed by atoms with van der Waals surface area (Å²) in [6, 6.07) is 3.16. The number of fused-ring (bicyclic) bond motifs is 1. The highest BCUT2D eigenvalue weighted by molar-refractivity contribution is 8.08. The van der Waals surface area contributed by atoms with Crippen LogP contribution >= 0.6 is 23.5 Å². The van der Waals surface area contributed by atoms with Crippen molar-refractivity contribution in [3.8, 4) is 0 Å². The third-order valence-corrected chi connectivity index (χ3v) is 6.15. The molecule has 1 fully saturated rings. The number of β-lactam (4-membered cyclic amide) rings is 1. The van der Waals surface area contributed by atoms with Gasteiger partial charge < -0.3 is 10.4 Å². The Balaban J connectivity index is 1.77. The molecule has 1 saturated heterocycles. The Morgan fingerprint density at radius 2 is 2.32 bits per heavy atom. The van der Waals surface area contributed by atoms with Gasteiger partial charge >= 0.3 is 5.97 Å². The van der Waals surface area contributed by atoms with E-state index in [9.17, 15) is 19.5 Å². The number of aromatic nitrogens is 1. The van der Waals surface area contributed by atoms with E-state index in [-0.39, 0.29) is 11.1 Å². The Morgan fingerprint density at radius 1 is 1.52 bits per heavy atom. The Bertz CT molecular complexity index is 776. The van der Waals surface area contributed by atoms with Crippen molar-refractivity contribution >= 4 is 47.9 Å². The number of carboxylic acid groups (broad SMARTS) is 1. The van der Waals surface area contributed by atoms with Crippen molar-refractivity contribution in [3.63, 3.8) is 0 Å². The second-order valence-electron chi connectivity index (χ2n) is 5.40. The SMILES string of the molecule is Cc1ccc(/C=C\SC2=C(C(=O)O)N3C(=O)C(NC=O)[C@H]3SC2)cn1. The molecule has 1 aromatic heterocycles. The first-order valence-corrected chi connectivity index (χ1v) is 9.32. The number of hydrogen-bond acceptors (Lipinski definition) is 6. The summed E-state index contributed by atoms with van der Waals surface area (Å²) in [5.74, 6) is -1.07. The van der Waals surface area contributed by atoms with Gasteiger partial charge in [-0.15, -0.1) is 11.8 Å². The number of carbonyl (C=O) groups is 3. The van der Waals surface area contributed by atoms with Crippen LogP contribution in [-0.4, -0.2) is 50.4 Å². The van der Waals surface area contributed by atoms with Crippen molar-refractivity contribution in [3.05, 3.63) is 45.6 Å². The molecule has 2 amide bonds. The standard InChI is InChI=1S/C16H15N3O4S2/c1-9-2-3-10(6-17-9)4-5-24-11-7-25-15-12(18-8-20)14(21)19(15)13(11)16(22)23/h2-6,8,12,15H,7H2,1H3,(H,18,20)(H,22,23)/b5-4-/t12?,15-/m1/s1. The van der Waals surface area contributed by atoms with Crippen LogP contribution in [0.15, 0.2) is 34.3 Å². The highest BCUT2D eigenvalue weighted by Crippen LogP contribution is 2.43. The zero-order valence-electron chi connectivity index (χ0n) is 13.2. The predicted octanol–water partition coefficient (Wildman–Crippen LogP) is 1.42. The van der Waals surface area contributed by atoms with E-state index >= 15 is 0 Å². The summed E-state index contributed by atoms with van der Waals surface area (Å²) in [4.78, 5) is 40.4. The highest BCUT2D eigenvalue weighted by atomic mass is 32.2. The van der Waals surface area contributed by atoms with Crippen molar-refractivity contribution < 1.29 is 19.5 Å². The number of nitrogens with zero attached hydrogens (tertiary/aromatic N) is 2. The first-order chi connectivity index (χ1) is 12.0. The van der Waals surface area contributed by atoms with E-state index in [2.05, 4.69) is 10.3 Å². The van der Waals surface area contributed by atoms with E-state index in [0.717, 1.165) is 11.3 Å². The molecule has 0 radical (unpaired) electrons. The third-order valence-electron chi connectivity index (χ3n) is 3.79. The van der Waals surface area contributed by atoms with Gasteiger partial charge in [-0.05, 0) is 30.0 Å². The molecule has 3 heterocycles. The molecule has 0 saturated carbocycles. The lowest BCUT2D eigenvalue weighted by Gasteiger charge is -2.48. The third kappa shape index (κ3) is 3.42. The molecule has 0 spiro atoms. The highest BCUT2D eigenvalue weighted by Gasteiger charge is 2.53. The van der Waals surface area contributed by atoms with Crippen LogP contribution in [0.25, 0.3) is 6.08 Å². The minimum atomic E-state index is -1.14. The van der Waals surface area contributed by atoms with E-state index in [1.807, 2.05) is 25.1 Å². The van der Waals surface area contributed by atoms with E-state index in [0.29, 0.717) is 17.1 Å². The molecule has 0 aliphatic carbocycles. The Hall–Kier alpha value is -2.26. The Kier molecular flexibility index (Phi) is 5.14. The Morgan fingerprint density at radius 3 is 2.96 bits per heavy atom. The second kappa shape index (κ2) is 7.32. The lowest BCUT2D eigenvalue weighted by Crippen LogP contribution is -2.69. The first-order valence-electron chi connectivity index (χ1n) is 7.39. The van der Waals surface area contributed by atoms with Crippen LogP contribution in [0.5, 0.6) is 0 Å². The summed E-state index contributed by atoms with van der Waals surface area (Å²) < 4.78 is 0. The molecule has 3 rings (SSSR count). The van der Waals surface area contributed by atoms with Gasteiger partial charge in [0.1, 0.15) is 17.1 Å². The quantitative estimate of drug-likeness (QED) is 0.571. The lowest BCUT2D eigenvalue weighted by molar-refractivity contribution is -0.149. The zero-order valence-corrected chi connectivity index (χ0v) is 14.8. The van der Waals surface area contributed by atoms with Crippen molar-refractivity contribution in [1.82, 2.24) is 15.2 Å². The smallest absolute Gasteiger partial charge is 0.353 e. The van der Waals surface area contributed by atoms with E-state index in [4.69, 9.17) is 0 Å². The number of aliphatic carboxylic acids is 1. The van der Waals surface area contributed by atoms with E-state index < -0.39 is 17.9 Å². The normalized spacial score (nSPS) is 22.6. The first kappa shape index (κ1) is 17.6. The van der Waals surface area contributed by atoms with Gasteiger partial charge in [0.25, 0.3) is 5.91 Å². The molecule has 9 heteroatoms. The minimum absolute atomic E-state index is 0.00520. The molecular weight excluding hydrogens is 362 g/mol. The van der Waals surface area contributed by atoms with Crippen LogP contribution < -0.4 is 5.32 Å². The van der Waals surface area contributed by atoms with Gasteiger partial charge in [-0.2, -0.15) is 0 Å². The lowest BCUT2D eigenvalue weighted by atomic mass is 10.1. The molecule has 7 nitrogen and oxygen atoms in total. The maximum Gasteiger partial charge on any atom is 0.353 e. The molecule has 2 aliphatic rings. The second-order valence-corrected chi connectivity index (χ2v) is 7.51. The zero-order chi connectivity index (χ0) is 18.0. The number of rotatable bonds is 6. The van der Waals surface area contributed by atoms with E-state index in [1.165, 1.54) is 28.4 Å². The molecule has 130 valence electrons. The summed E-state index contributed by atoms with van der Waals surface area (Å²) in [5.41, 5.74) is 1.83. The summed E-state index contributed by atoms with van der Waals surface area (Å²) in [7, 11) is 0. The maximum absolute atomic E-state index is 12.1. The number of nitrogens with one attached hydrogen (secondary N) is 1. The van der Waals surface area contributed by atoms with Crippen LogP contribution in [0, 0.1) is 6.92 Å². The Labute approximate surface area is 152 Å². The van der Waals surface area contributed by atoms with Gasteiger partial charge in [0.2, 0.25) is 6.41 Å². The minimum Gasteiger partial charge on any atom is -0.477 e.